The fourth-order valence-corrected chi connectivity index (χ4v) is 3.63. The highest BCUT2D eigenvalue weighted by molar-refractivity contribution is 5.91. The Morgan fingerprint density at radius 1 is 1.20 bits per heavy atom. The number of nitrogens with two attached hydrogens (primary N) is 1. The molecular weight excluding hydrogens is 248 g/mol. The molecule has 4 nitrogen and oxygen atoms in total. The molecule has 2 aromatic heterocycles. The molecule has 1 aliphatic rings. The second kappa shape index (κ2) is 4.76. The molecule has 2 N–H and O–H groups in total. The number of hydrogen-bond donors (Lipinski definition) is 1. The number of fused-ring (bicyclic) bond motifs is 1. The van der Waals surface area contributed by atoms with E-state index >= 15 is 0 Å². The van der Waals surface area contributed by atoms with Gasteiger partial charge in [-0.2, -0.15) is 0 Å². The lowest BCUT2D eigenvalue weighted by molar-refractivity contribution is 0.365. The van der Waals surface area contributed by atoms with Gasteiger partial charge in [-0.15, -0.1) is 0 Å². The van der Waals surface area contributed by atoms with Gasteiger partial charge in [-0.05, 0) is 44.6 Å². The molecule has 1 fully saturated rings. The van der Waals surface area contributed by atoms with Crippen molar-refractivity contribution in [2.75, 3.05) is 5.73 Å². The van der Waals surface area contributed by atoms with Crippen LogP contribution in [0.4, 0.5) is 5.82 Å². The highest BCUT2D eigenvalue weighted by Crippen LogP contribution is 2.35. The van der Waals surface area contributed by atoms with Crippen LogP contribution >= 0.6 is 0 Å². The van der Waals surface area contributed by atoms with Gasteiger partial charge in [0.2, 0.25) is 0 Å². The largest absolute Gasteiger partial charge is 0.383 e. The van der Waals surface area contributed by atoms with Crippen LogP contribution in [-0.4, -0.2) is 14.5 Å². The summed E-state index contributed by atoms with van der Waals surface area (Å²) in [4.78, 5) is 8.97. The van der Waals surface area contributed by atoms with Crippen LogP contribution in [0.3, 0.4) is 0 Å². The van der Waals surface area contributed by atoms with E-state index in [1.807, 2.05) is 6.92 Å². The zero-order valence-electron chi connectivity index (χ0n) is 12.9. The summed E-state index contributed by atoms with van der Waals surface area (Å²) in [6.45, 7) is 9.65. The molecular formula is C16H24N4. The van der Waals surface area contributed by atoms with Gasteiger partial charge in [0.05, 0.1) is 5.39 Å². The highest BCUT2D eigenvalue weighted by Gasteiger charge is 2.26. The van der Waals surface area contributed by atoms with E-state index < -0.39 is 0 Å². The molecule has 2 unspecified atom stereocenters. The van der Waals surface area contributed by atoms with E-state index in [1.165, 1.54) is 30.5 Å². The van der Waals surface area contributed by atoms with Crippen LogP contribution in [0, 0.1) is 32.6 Å². The molecule has 2 atom stereocenters. The summed E-state index contributed by atoms with van der Waals surface area (Å²) in [5.74, 6) is 2.95. The van der Waals surface area contributed by atoms with Crippen LogP contribution in [0.2, 0.25) is 0 Å². The van der Waals surface area contributed by atoms with Crippen molar-refractivity contribution in [2.24, 2.45) is 11.8 Å². The maximum atomic E-state index is 6.11. The van der Waals surface area contributed by atoms with Gasteiger partial charge in [-0.25, -0.2) is 9.97 Å². The van der Waals surface area contributed by atoms with Gasteiger partial charge in [0.25, 0.3) is 0 Å². The first-order valence-corrected chi connectivity index (χ1v) is 7.58. The van der Waals surface area contributed by atoms with E-state index in [-0.39, 0.29) is 0 Å². The average Bonchev–Trinajstić information content (AvgIpc) is 2.87. The van der Waals surface area contributed by atoms with Crippen molar-refractivity contribution in [1.82, 2.24) is 14.5 Å². The second-order valence-electron chi connectivity index (χ2n) is 6.34. The van der Waals surface area contributed by atoms with Gasteiger partial charge >= 0.3 is 0 Å². The maximum Gasteiger partial charge on any atom is 0.146 e. The first-order chi connectivity index (χ1) is 9.49. The summed E-state index contributed by atoms with van der Waals surface area (Å²) in [6, 6.07) is 0. The Morgan fingerprint density at radius 2 is 1.95 bits per heavy atom. The number of rotatable bonds is 2. The van der Waals surface area contributed by atoms with Gasteiger partial charge in [0, 0.05) is 12.2 Å². The summed E-state index contributed by atoms with van der Waals surface area (Å²) in [5, 5.41) is 1.04. The van der Waals surface area contributed by atoms with E-state index in [1.54, 1.807) is 0 Å². The number of hydrogen-bond acceptors (Lipinski definition) is 3. The monoisotopic (exact) mass is 272 g/mol. The standard InChI is InChI=1S/C16H24N4/c1-9-6-5-7-13(9)8-20-11(3)10(2)14-15(17)18-12(4)19-16(14)20/h9,13H,5-8H2,1-4H3,(H2,17,18,19). The van der Waals surface area contributed by atoms with Crippen LogP contribution < -0.4 is 5.73 Å². The molecule has 4 heteroatoms. The second-order valence-corrected chi connectivity index (χ2v) is 6.34. The van der Waals surface area contributed by atoms with Crippen molar-refractivity contribution >= 4 is 16.9 Å². The molecule has 1 aliphatic carbocycles. The van der Waals surface area contributed by atoms with Gasteiger partial charge in [0.15, 0.2) is 0 Å². The molecule has 20 heavy (non-hydrogen) atoms. The average molecular weight is 272 g/mol. The number of nitrogen functional groups attached to an aromatic ring is 1. The molecule has 0 amide bonds. The minimum absolute atomic E-state index is 0.617. The molecule has 0 saturated heterocycles. The Kier molecular flexibility index (Phi) is 3.19. The Hall–Kier alpha value is -1.58. The number of aromatic nitrogens is 3. The van der Waals surface area contributed by atoms with Gasteiger partial charge in [0.1, 0.15) is 17.3 Å². The zero-order chi connectivity index (χ0) is 14.4. The van der Waals surface area contributed by atoms with Gasteiger partial charge < -0.3 is 10.3 Å². The fraction of sp³-hybridized carbons (Fsp3) is 0.625. The predicted molar refractivity (Wildman–Crippen MR) is 82.7 cm³/mol. The van der Waals surface area contributed by atoms with E-state index in [0.717, 1.165) is 35.2 Å². The number of nitrogens with zero attached hydrogens (tertiary/aromatic N) is 3. The fourth-order valence-electron chi connectivity index (χ4n) is 3.63. The van der Waals surface area contributed by atoms with Crippen LogP contribution in [0.1, 0.15) is 43.3 Å². The highest BCUT2D eigenvalue weighted by atomic mass is 15.1. The van der Waals surface area contributed by atoms with Crippen LogP contribution in [0.15, 0.2) is 0 Å². The van der Waals surface area contributed by atoms with Crippen molar-refractivity contribution < 1.29 is 0 Å². The molecule has 2 heterocycles. The quantitative estimate of drug-likeness (QED) is 0.911. The van der Waals surface area contributed by atoms with Crippen molar-refractivity contribution in [3.05, 3.63) is 17.1 Å². The van der Waals surface area contributed by atoms with Crippen molar-refractivity contribution in [2.45, 2.75) is 53.5 Å². The minimum Gasteiger partial charge on any atom is -0.383 e. The first kappa shape index (κ1) is 13.4. The van der Waals surface area contributed by atoms with E-state index in [9.17, 15) is 0 Å². The third kappa shape index (κ3) is 1.98. The van der Waals surface area contributed by atoms with E-state index in [2.05, 4.69) is 35.3 Å². The maximum absolute atomic E-state index is 6.11. The summed E-state index contributed by atoms with van der Waals surface area (Å²) >= 11 is 0. The van der Waals surface area contributed by atoms with Gasteiger partial charge in [-0.1, -0.05) is 19.8 Å². The lowest BCUT2D eigenvalue weighted by Gasteiger charge is -2.18. The Morgan fingerprint density at radius 3 is 2.60 bits per heavy atom. The van der Waals surface area contributed by atoms with Crippen molar-refractivity contribution in [3.63, 3.8) is 0 Å². The van der Waals surface area contributed by atoms with Crippen molar-refractivity contribution in [3.8, 4) is 0 Å². The number of anilines is 1. The third-order valence-electron chi connectivity index (χ3n) is 5.06. The molecule has 1 saturated carbocycles. The lowest BCUT2D eigenvalue weighted by atomic mass is 9.98. The summed E-state index contributed by atoms with van der Waals surface area (Å²) in [7, 11) is 0. The lowest BCUT2D eigenvalue weighted by Crippen LogP contribution is -2.14. The minimum atomic E-state index is 0.617. The molecule has 0 radical (unpaired) electrons. The summed E-state index contributed by atoms with van der Waals surface area (Å²) in [5.41, 5.74) is 9.64. The Bertz CT molecular complexity index is 656. The molecule has 0 aromatic carbocycles. The Labute approximate surface area is 120 Å². The molecule has 0 spiro atoms. The summed E-state index contributed by atoms with van der Waals surface area (Å²) < 4.78 is 2.36. The SMILES string of the molecule is Cc1nc(N)c2c(C)c(C)n(CC3CCCC3C)c2n1. The topological polar surface area (TPSA) is 56.7 Å². The molecule has 3 rings (SSSR count). The van der Waals surface area contributed by atoms with Crippen molar-refractivity contribution in [1.29, 1.82) is 0 Å². The summed E-state index contributed by atoms with van der Waals surface area (Å²) in [6.07, 6.45) is 4.05. The normalized spacial score (nSPS) is 22.8. The van der Waals surface area contributed by atoms with E-state index in [4.69, 9.17) is 5.73 Å². The zero-order valence-corrected chi connectivity index (χ0v) is 12.9. The molecule has 0 aliphatic heterocycles. The van der Waals surface area contributed by atoms with Crippen LogP contribution in [0.25, 0.3) is 11.0 Å². The van der Waals surface area contributed by atoms with Gasteiger partial charge in [-0.3, -0.25) is 0 Å². The predicted octanol–water partition coefficient (Wildman–Crippen LogP) is 3.37. The van der Waals surface area contributed by atoms with Crippen LogP contribution in [0.5, 0.6) is 0 Å². The Balaban J connectivity index is 2.12. The number of aryl methyl sites for hydroxylation is 2. The van der Waals surface area contributed by atoms with Crippen LogP contribution in [-0.2, 0) is 6.54 Å². The molecule has 108 valence electrons. The molecule has 2 aromatic rings. The first-order valence-electron chi connectivity index (χ1n) is 7.58. The third-order valence-corrected chi connectivity index (χ3v) is 5.06. The smallest absolute Gasteiger partial charge is 0.146 e. The molecule has 0 bridgehead atoms. The van der Waals surface area contributed by atoms with E-state index in [0.29, 0.717) is 5.82 Å².